The van der Waals surface area contributed by atoms with E-state index in [2.05, 4.69) is 10.2 Å². The summed E-state index contributed by atoms with van der Waals surface area (Å²) in [5.41, 5.74) is 5.87. The number of aromatic amines is 1. The molecule has 0 spiro atoms. The van der Waals surface area contributed by atoms with Crippen LogP contribution in [0.25, 0.3) is 0 Å². The number of halogens is 1. The Hall–Kier alpha value is -1.73. The monoisotopic (exact) mass is 311 g/mol. The number of nitrogens with one attached hydrogen (secondary N) is 2. The van der Waals surface area contributed by atoms with Gasteiger partial charge in [0.05, 0.1) is 0 Å². The maximum Gasteiger partial charge on any atom is 0.343 e. The van der Waals surface area contributed by atoms with Crippen molar-refractivity contribution >= 4 is 29.2 Å². The smallest absolute Gasteiger partial charge is 0.343 e. The maximum absolute atomic E-state index is 11.6. The van der Waals surface area contributed by atoms with E-state index in [4.69, 9.17) is 22.7 Å². The minimum Gasteiger partial charge on any atom is -0.384 e. The fourth-order valence-corrected chi connectivity index (χ4v) is 2.99. The number of rotatable bonds is 5. The Balaban J connectivity index is 2.42. The van der Waals surface area contributed by atoms with Crippen molar-refractivity contribution in [1.29, 1.82) is 5.41 Å². The van der Waals surface area contributed by atoms with Crippen LogP contribution in [0.3, 0.4) is 0 Å². The van der Waals surface area contributed by atoms with E-state index in [1.807, 2.05) is 6.92 Å². The molecule has 1 heterocycles. The summed E-state index contributed by atoms with van der Waals surface area (Å²) in [7, 11) is 0. The van der Waals surface area contributed by atoms with Crippen molar-refractivity contribution in [1.82, 2.24) is 14.8 Å². The third-order valence-electron chi connectivity index (χ3n) is 2.61. The van der Waals surface area contributed by atoms with Crippen molar-refractivity contribution in [3.05, 3.63) is 39.3 Å². The average Bonchev–Trinajstić information content (AvgIpc) is 2.72. The molecule has 0 aliphatic heterocycles. The average molecular weight is 312 g/mol. The van der Waals surface area contributed by atoms with Crippen LogP contribution in [-0.2, 0) is 6.54 Å². The van der Waals surface area contributed by atoms with Crippen LogP contribution < -0.4 is 11.4 Å². The predicted octanol–water partition coefficient (Wildman–Crippen LogP) is 2.07. The summed E-state index contributed by atoms with van der Waals surface area (Å²) in [4.78, 5) is 12.3. The van der Waals surface area contributed by atoms with Gasteiger partial charge in [0.15, 0.2) is 5.16 Å². The minimum absolute atomic E-state index is 0.0518. The highest BCUT2D eigenvalue weighted by atomic mass is 35.5. The highest BCUT2D eigenvalue weighted by Crippen LogP contribution is 2.30. The highest BCUT2D eigenvalue weighted by Gasteiger charge is 2.13. The minimum atomic E-state index is -0.249. The Morgan fingerprint density at radius 2 is 2.35 bits per heavy atom. The first-order chi connectivity index (χ1) is 9.52. The number of nitrogens with two attached hydrogens (primary N) is 1. The van der Waals surface area contributed by atoms with E-state index in [9.17, 15) is 4.79 Å². The van der Waals surface area contributed by atoms with Crippen molar-refractivity contribution in [2.75, 3.05) is 0 Å². The topological polar surface area (TPSA) is 101 Å². The van der Waals surface area contributed by atoms with Gasteiger partial charge in [-0.3, -0.25) is 9.98 Å². The van der Waals surface area contributed by atoms with E-state index in [1.165, 1.54) is 11.8 Å². The number of aromatic nitrogens is 3. The Morgan fingerprint density at radius 1 is 1.60 bits per heavy atom. The van der Waals surface area contributed by atoms with E-state index in [0.29, 0.717) is 27.2 Å². The van der Waals surface area contributed by atoms with Gasteiger partial charge < -0.3 is 5.73 Å². The second-order valence-corrected chi connectivity index (χ2v) is 5.56. The van der Waals surface area contributed by atoms with Gasteiger partial charge in [0.25, 0.3) is 0 Å². The van der Waals surface area contributed by atoms with Crippen LogP contribution >= 0.6 is 23.4 Å². The number of hydrogen-bond donors (Lipinski definition) is 3. The lowest BCUT2D eigenvalue weighted by molar-refractivity contribution is 0.604. The molecule has 2 aromatic rings. The molecule has 0 fully saturated rings. The van der Waals surface area contributed by atoms with Gasteiger partial charge in [-0.2, -0.15) is 0 Å². The quantitative estimate of drug-likeness (QED) is 0.581. The third kappa shape index (κ3) is 3.05. The normalized spacial score (nSPS) is 10.7. The van der Waals surface area contributed by atoms with Crippen molar-refractivity contribution in [3.8, 4) is 0 Å². The molecule has 0 saturated heterocycles. The van der Waals surface area contributed by atoms with Gasteiger partial charge in [0.1, 0.15) is 5.84 Å². The standard InChI is InChI=1S/C12H14ClN5OS/c1-2-5-18-11(19)16-17-12(18)20-9-6-7(13)3-4-8(9)10(14)15/h3-4,6H,2,5H2,1H3,(H3,14,15)(H,16,19). The second-order valence-electron chi connectivity index (χ2n) is 4.12. The molecule has 0 radical (unpaired) electrons. The molecule has 0 unspecified atom stereocenters. The Labute approximate surface area is 124 Å². The molecule has 6 nitrogen and oxygen atoms in total. The van der Waals surface area contributed by atoms with Gasteiger partial charge in [-0.05, 0) is 36.4 Å². The molecule has 4 N–H and O–H groups in total. The molecular weight excluding hydrogens is 298 g/mol. The number of H-pyrrole nitrogens is 1. The number of benzene rings is 1. The molecule has 0 bridgehead atoms. The summed E-state index contributed by atoms with van der Waals surface area (Å²) < 4.78 is 1.55. The SMILES string of the molecule is CCCn1c(Sc2cc(Cl)ccc2C(=N)N)n[nH]c1=O. The molecule has 1 aromatic carbocycles. The molecule has 2 rings (SSSR count). The second kappa shape index (κ2) is 6.15. The van der Waals surface area contributed by atoms with Crippen LogP contribution in [0.5, 0.6) is 0 Å². The van der Waals surface area contributed by atoms with Crippen molar-refractivity contribution in [2.45, 2.75) is 29.9 Å². The Bertz CT molecular complexity index is 693. The fourth-order valence-electron chi connectivity index (χ4n) is 1.70. The Kier molecular flexibility index (Phi) is 4.51. The summed E-state index contributed by atoms with van der Waals surface area (Å²) in [6.45, 7) is 2.56. The maximum atomic E-state index is 11.6. The number of amidine groups is 1. The van der Waals surface area contributed by atoms with Gasteiger partial charge in [0.2, 0.25) is 0 Å². The first-order valence-corrected chi connectivity index (χ1v) is 7.19. The Morgan fingerprint density at radius 3 is 3.00 bits per heavy atom. The lowest BCUT2D eigenvalue weighted by Crippen LogP contribution is -2.17. The number of nitrogens with zero attached hydrogens (tertiary/aromatic N) is 2. The largest absolute Gasteiger partial charge is 0.384 e. The van der Waals surface area contributed by atoms with Crippen LogP contribution in [0.1, 0.15) is 18.9 Å². The van der Waals surface area contributed by atoms with E-state index in [1.54, 1.807) is 22.8 Å². The fraction of sp³-hybridized carbons (Fsp3) is 0.250. The molecule has 0 atom stereocenters. The van der Waals surface area contributed by atoms with Crippen molar-refractivity contribution in [3.63, 3.8) is 0 Å². The van der Waals surface area contributed by atoms with Gasteiger partial charge in [-0.15, -0.1) is 5.10 Å². The van der Waals surface area contributed by atoms with Crippen LogP contribution in [0.4, 0.5) is 0 Å². The van der Waals surface area contributed by atoms with E-state index < -0.39 is 0 Å². The predicted molar refractivity (Wildman–Crippen MR) is 79.7 cm³/mol. The van der Waals surface area contributed by atoms with E-state index in [0.717, 1.165) is 6.42 Å². The molecule has 1 aromatic heterocycles. The summed E-state index contributed by atoms with van der Waals surface area (Å²) in [6, 6.07) is 5.06. The first-order valence-electron chi connectivity index (χ1n) is 6.00. The van der Waals surface area contributed by atoms with E-state index >= 15 is 0 Å². The summed E-state index contributed by atoms with van der Waals surface area (Å²) in [5.74, 6) is -0.0518. The zero-order valence-corrected chi connectivity index (χ0v) is 12.4. The van der Waals surface area contributed by atoms with Crippen LogP contribution in [0.2, 0.25) is 5.02 Å². The molecule has 0 aliphatic rings. The lowest BCUT2D eigenvalue weighted by atomic mass is 10.2. The molecule has 8 heteroatoms. The van der Waals surface area contributed by atoms with Crippen LogP contribution in [0.15, 0.2) is 33.0 Å². The molecule has 0 amide bonds. The summed E-state index contributed by atoms with van der Waals surface area (Å²) >= 11 is 7.23. The highest BCUT2D eigenvalue weighted by molar-refractivity contribution is 7.99. The van der Waals surface area contributed by atoms with Gasteiger partial charge in [-0.1, -0.05) is 18.5 Å². The van der Waals surface area contributed by atoms with Crippen LogP contribution in [0, 0.1) is 5.41 Å². The molecule has 20 heavy (non-hydrogen) atoms. The third-order valence-corrected chi connectivity index (χ3v) is 3.89. The molecule has 0 saturated carbocycles. The van der Waals surface area contributed by atoms with Crippen molar-refractivity contribution in [2.24, 2.45) is 5.73 Å². The summed E-state index contributed by atoms with van der Waals surface area (Å²) in [5, 5.41) is 15.1. The number of hydrogen-bond acceptors (Lipinski definition) is 4. The van der Waals surface area contributed by atoms with E-state index in [-0.39, 0.29) is 11.5 Å². The molecule has 0 aliphatic carbocycles. The van der Waals surface area contributed by atoms with Crippen molar-refractivity contribution < 1.29 is 0 Å². The zero-order chi connectivity index (χ0) is 14.7. The summed E-state index contributed by atoms with van der Waals surface area (Å²) in [6.07, 6.45) is 0.822. The lowest BCUT2D eigenvalue weighted by Gasteiger charge is -2.08. The van der Waals surface area contributed by atoms with Crippen LogP contribution in [-0.4, -0.2) is 20.6 Å². The molecular formula is C12H14ClN5OS. The zero-order valence-electron chi connectivity index (χ0n) is 10.8. The molecule has 106 valence electrons. The van der Waals surface area contributed by atoms with Gasteiger partial charge in [-0.25, -0.2) is 9.89 Å². The first kappa shape index (κ1) is 14.7. The number of nitrogen functional groups attached to an aromatic ring is 1. The van der Waals surface area contributed by atoms with Gasteiger partial charge in [0, 0.05) is 22.0 Å². The van der Waals surface area contributed by atoms with Gasteiger partial charge >= 0.3 is 5.69 Å².